The molecule has 0 bridgehead atoms. The molecule has 1 N–H and O–H groups in total. The molecule has 0 aliphatic carbocycles. The lowest BCUT2D eigenvalue weighted by molar-refractivity contribution is -0.141. The molecule has 2 amide bonds. The van der Waals surface area contributed by atoms with Gasteiger partial charge in [-0.15, -0.1) is 0 Å². The van der Waals surface area contributed by atoms with Crippen LogP contribution in [-0.2, 0) is 14.3 Å². The predicted molar refractivity (Wildman–Crippen MR) is 86.6 cm³/mol. The van der Waals surface area contributed by atoms with E-state index < -0.39 is 6.04 Å². The van der Waals surface area contributed by atoms with Crippen LogP contribution in [0.1, 0.15) is 37.3 Å². The molecule has 3 atom stereocenters. The van der Waals surface area contributed by atoms with Crippen molar-refractivity contribution in [3.8, 4) is 0 Å². The van der Waals surface area contributed by atoms with Crippen molar-refractivity contribution in [2.45, 2.75) is 37.8 Å². The Kier molecular flexibility index (Phi) is 5.14. The number of hydrogen-bond donors (Lipinski definition) is 1. The quantitative estimate of drug-likeness (QED) is 0.917. The van der Waals surface area contributed by atoms with Crippen LogP contribution in [-0.4, -0.2) is 43.0 Å². The second kappa shape index (κ2) is 7.30. The summed E-state index contributed by atoms with van der Waals surface area (Å²) in [5.41, 5.74) is 0.655. The number of hydrogen-bond acceptors (Lipinski definition) is 3. The van der Waals surface area contributed by atoms with Crippen LogP contribution in [0.2, 0.25) is 0 Å². The Balaban J connectivity index is 1.75. The highest BCUT2D eigenvalue weighted by Crippen LogP contribution is 2.36. The highest BCUT2D eigenvalue weighted by atomic mass is 19.1. The first-order valence-electron chi connectivity index (χ1n) is 8.46. The van der Waals surface area contributed by atoms with Crippen molar-refractivity contribution >= 4 is 11.8 Å². The molecule has 0 saturated carbocycles. The number of halogens is 1. The zero-order valence-electron chi connectivity index (χ0n) is 13.8. The van der Waals surface area contributed by atoms with Gasteiger partial charge in [0.15, 0.2) is 0 Å². The van der Waals surface area contributed by atoms with Gasteiger partial charge < -0.3 is 15.0 Å². The van der Waals surface area contributed by atoms with Crippen molar-refractivity contribution < 1.29 is 18.7 Å². The molecule has 3 rings (SSSR count). The fourth-order valence-electron chi connectivity index (χ4n) is 3.61. The minimum Gasteiger partial charge on any atom is -0.376 e. The average molecular weight is 334 g/mol. The Morgan fingerprint density at radius 3 is 2.96 bits per heavy atom. The minimum absolute atomic E-state index is 0.0209. The molecule has 2 fully saturated rings. The van der Waals surface area contributed by atoms with Crippen molar-refractivity contribution in [2.75, 3.05) is 20.2 Å². The molecule has 6 heteroatoms. The van der Waals surface area contributed by atoms with Gasteiger partial charge in [-0.3, -0.25) is 9.59 Å². The fourth-order valence-corrected chi connectivity index (χ4v) is 3.61. The van der Waals surface area contributed by atoms with Gasteiger partial charge in [0.25, 0.3) is 0 Å². The molecular formula is C18H23FN2O3. The van der Waals surface area contributed by atoms with E-state index in [4.69, 9.17) is 4.74 Å². The number of likely N-dealkylation sites (tertiary alicyclic amines) is 1. The van der Waals surface area contributed by atoms with E-state index in [0.717, 1.165) is 19.4 Å². The van der Waals surface area contributed by atoms with E-state index in [1.54, 1.807) is 24.1 Å². The second-order valence-corrected chi connectivity index (χ2v) is 6.53. The number of piperidine rings is 1. The summed E-state index contributed by atoms with van der Waals surface area (Å²) < 4.78 is 19.1. The van der Waals surface area contributed by atoms with Crippen LogP contribution in [0.4, 0.5) is 4.39 Å². The summed E-state index contributed by atoms with van der Waals surface area (Å²) >= 11 is 0. The maximum absolute atomic E-state index is 13.6. The maximum Gasteiger partial charge on any atom is 0.225 e. The van der Waals surface area contributed by atoms with E-state index in [1.807, 2.05) is 0 Å². The molecule has 24 heavy (non-hydrogen) atoms. The van der Waals surface area contributed by atoms with Crippen molar-refractivity contribution in [3.05, 3.63) is 35.6 Å². The number of carbonyl (C=O) groups is 2. The predicted octanol–water partition coefficient (Wildman–Crippen LogP) is 2.03. The Hall–Kier alpha value is -1.95. The van der Waals surface area contributed by atoms with E-state index in [9.17, 15) is 14.0 Å². The van der Waals surface area contributed by atoms with Crippen molar-refractivity contribution in [1.29, 1.82) is 0 Å². The minimum atomic E-state index is -0.438. The SMILES string of the molecule is CN1C(=O)CC[C@H](C(=O)NC[C@@H]2CCCO2)[C@H]1c1cccc(F)c1. The lowest BCUT2D eigenvalue weighted by Crippen LogP contribution is -2.47. The summed E-state index contributed by atoms with van der Waals surface area (Å²) in [7, 11) is 1.68. The largest absolute Gasteiger partial charge is 0.376 e. The number of benzene rings is 1. The summed E-state index contributed by atoms with van der Waals surface area (Å²) in [5, 5.41) is 2.95. The summed E-state index contributed by atoms with van der Waals surface area (Å²) in [6.45, 7) is 1.23. The topological polar surface area (TPSA) is 58.6 Å². The monoisotopic (exact) mass is 334 g/mol. The number of nitrogens with one attached hydrogen (secondary N) is 1. The first-order valence-corrected chi connectivity index (χ1v) is 8.46. The third kappa shape index (κ3) is 3.59. The molecular weight excluding hydrogens is 311 g/mol. The summed E-state index contributed by atoms with van der Waals surface area (Å²) in [4.78, 5) is 26.3. The smallest absolute Gasteiger partial charge is 0.225 e. The fraction of sp³-hybridized carbons (Fsp3) is 0.556. The number of nitrogens with zero attached hydrogens (tertiary/aromatic N) is 1. The highest BCUT2D eigenvalue weighted by Gasteiger charge is 2.39. The maximum atomic E-state index is 13.6. The van der Waals surface area contributed by atoms with Crippen LogP contribution in [0.5, 0.6) is 0 Å². The van der Waals surface area contributed by atoms with Crippen LogP contribution < -0.4 is 5.32 Å². The Morgan fingerprint density at radius 1 is 1.42 bits per heavy atom. The van der Waals surface area contributed by atoms with Crippen LogP contribution in [0.3, 0.4) is 0 Å². The third-order valence-electron chi connectivity index (χ3n) is 4.92. The van der Waals surface area contributed by atoms with Crippen molar-refractivity contribution in [2.24, 2.45) is 5.92 Å². The van der Waals surface area contributed by atoms with Gasteiger partial charge in [0.05, 0.1) is 18.1 Å². The molecule has 2 aliphatic rings. The number of ether oxygens (including phenoxy) is 1. The molecule has 0 spiro atoms. The first kappa shape index (κ1) is 16.9. The van der Waals surface area contributed by atoms with E-state index in [-0.39, 0.29) is 29.7 Å². The van der Waals surface area contributed by atoms with Crippen LogP contribution in [0.25, 0.3) is 0 Å². The van der Waals surface area contributed by atoms with Gasteiger partial charge in [-0.25, -0.2) is 4.39 Å². The molecule has 1 aromatic carbocycles. The van der Waals surface area contributed by atoms with E-state index in [1.165, 1.54) is 12.1 Å². The zero-order valence-corrected chi connectivity index (χ0v) is 13.8. The molecule has 0 unspecified atom stereocenters. The van der Waals surface area contributed by atoms with Crippen molar-refractivity contribution in [3.63, 3.8) is 0 Å². The van der Waals surface area contributed by atoms with Gasteiger partial charge >= 0.3 is 0 Å². The molecule has 0 radical (unpaired) electrons. The Bertz CT molecular complexity index is 616. The Morgan fingerprint density at radius 2 is 2.25 bits per heavy atom. The second-order valence-electron chi connectivity index (χ2n) is 6.53. The van der Waals surface area contributed by atoms with Gasteiger partial charge in [0.2, 0.25) is 11.8 Å². The van der Waals surface area contributed by atoms with Crippen LogP contribution in [0, 0.1) is 11.7 Å². The normalized spacial score (nSPS) is 27.3. The molecule has 0 aromatic heterocycles. The lowest BCUT2D eigenvalue weighted by atomic mass is 9.84. The first-order chi connectivity index (χ1) is 11.6. The van der Waals surface area contributed by atoms with Gasteiger partial charge in [-0.05, 0) is 37.0 Å². The van der Waals surface area contributed by atoms with E-state index in [2.05, 4.69) is 5.32 Å². The number of amides is 2. The third-order valence-corrected chi connectivity index (χ3v) is 4.92. The van der Waals surface area contributed by atoms with E-state index in [0.29, 0.717) is 24.9 Å². The average Bonchev–Trinajstić information content (AvgIpc) is 3.08. The summed E-state index contributed by atoms with van der Waals surface area (Å²) in [6, 6.07) is 5.70. The molecule has 2 saturated heterocycles. The van der Waals surface area contributed by atoms with E-state index >= 15 is 0 Å². The molecule has 2 aliphatic heterocycles. The lowest BCUT2D eigenvalue weighted by Gasteiger charge is -2.38. The van der Waals surface area contributed by atoms with Crippen LogP contribution >= 0.6 is 0 Å². The number of carbonyl (C=O) groups excluding carboxylic acids is 2. The highest BCUT2D eigenvalue weighted by molar-refractivity contribution is 5.84. The summed E-state index contributed by atoms with van der Waals surface area (Å²) in [6.07, 6.45) is 2.86. The summed E-state index contributed by atoms with van der Waals surface area (Å²) in [5.74, 6) is -0.861. The standard InChI is InChI=1S/C18H23FN2O3/c1-21-16(22)8-7-15(17(21)12-4-2-5-13(19)10-12)18(23)20-11-14-6-3-9-24-14/h2,4-5,10,14-15,17H,3,6-9,11H2,1H3,(H,20,23)/t14-,15-,17+/m0/s1. The van der Waals surface area contributed by atoms with Crippen LogP contribution in [0.15, 0.2) is 24.3 Å². The zero-order chi connectivity index (χ0) is 17.1. The molecule has 5 nitrogen and oxygen atoms in total. The van der Waals surface area contributed by atoms with Gasteiger partial charge in [0.1, 0.15) is 5.82 Å². The van der Waals surface area contributed by atoms with Gasteiger partial charge in [-0.2, -0.15) is 0 Å². The van der Waals surface area contributed by atoms with Crippen molar-refractivity contribution in [1.82, 2.24) is 10.2 Å². The number of rotatable bonds is 4. The Labute approximate surface area is 141 Å². The van der Waals surface area contributed by atoms with Gasteiger partial charge in [-0.1, -0.05) is 12.1 Å². The molecule has 1 aromatic rings. The molecule has 130 valence electrons. The molecule has 2 heterocycles. The van der Waals surface area contributed by atoms with Gasteiger partial charge in [0, 0.05) is 26.6 Å².